The summed E-state index contributed by atoms with van der Waals surface area (Å²) in [6.45, 7) is 5.30. The first-order chi connectivity index (χ1) is 12.9. The minimum Gasteiger partial charge on any atom is -0.399 e. The van der Waals surface area contributed by atoms with Gasteiger partial charge in [0, 0.05) is 24.3 Å². The zero-order valence-electron chi connectivity index (χ0n) is 15.5. The van der Waals surface area contributed by atoms with Crippen LogP contribution in [0.15, 0.2) is 47.5 Å². The fourth-order valence-corrected chi connectivity index (χ4v) is 2.95. The molecule has 0 radical (unpaired) electrons. The van der Waals surface area contributed by atoms with E-state index in [1.165, 1.54) is 17.2 Å². The van der Waals surface area contributed by atoms with Crippen LogP contribution in [-0.2, 0) is 0 Å². The number of guanidine groups is 1. The number of hydrogen-bond acceptors (Lipinski definition) is 6. The predicted octanol–water partition coefficient (Wildman–Crippen LogP) is 2.31. The second kappa shape index (κ2) is 8.09. The molecule has 27 heavy (non-hydrogen) atoms. The van der Waals surface area contributed by atoms with E-state index in [4.69, 9.17) is 11.5 Å². The van der Waals surface area contributed by atoms with Crippen LogP contribution >= 0.6 is 0 Å². The molecule has 2 aromatic rings. The minimum atomic E-state index is -0.362. The second-order valence-corrected chi connectivity index (χ2v) is 6.54. The van der Waals surface area contributed by atoms with Gasteiger partial charge in [0.2, 0.25) is 0 Å². The van der Waals surface area contributed by atoms with Gasteiger partial charge in [-0.3, -0.25) is 5.32 Å². The summed E-state index contributed by atoms with van der Waals surface area (Å²) >= 11 is 0. The number of benzene rings is 2. The molecule has 1 aliphatic rings. The number of nitrogens with two attached hydrogens (primary N) is 2. The van der Waals surface area contributed by atoms with Gasteiger partial charge in [-0.15, -0.1) is 0 Å². The Balaban J connectivity index is 1.61. The number of hydrogen-bond donors (Lipinski definition) is 5. The van der Waals surface area contributed by atoms with Crippen molar-refractivity contribution >= 4 is 23.0 Å². The van der Waals surface area contributed by atoms with Crippen molar-refractivity contribution in [3.63, 3.8) is 0 Å². The summed E-state index contributed by atoms with van der Waals surface area (Å²) in [5.41, 5.74) is 16.6. The number of nitrogens with zero attached hydrogens (tertiary/aromatic N) is 1. The Morgan fingerprint density at radius 3 is 2.74 bits per heavy atom. The SMILES string of the molecule is Cc1cccc(C2=CC(NCCNc3ccc(N)cc3F)NC(N)=N2)c1C. The number of aryl methyl sites for hydroxylation is 1. The highest BCUT2D eigenvalue weighted by atomic mass is 19.1. The zero-order chi connectivity index (χ0) is 19.4. The maximum Gasteiger partial charge on any atom is 0.195 e. The van der Waals surface area contributed by atoms with E-state index in [1.54, 1.807) is 12.1 Å². The van der Waals surface area contributed by atoms with Crippen LogP contribution in [0, 0.1) is 19.7 Å². The van der Waals surface area contributed by atoms with E-state index in [0.29, 0.717) is 30.4 Å². The van der Waals surface area contributed by atoms with Gasteiger partial charge >= 0.3 is 0 Å². The molecule has 1 aliphatic heterocycles. The second-order valence-electron chi connectivity index (χ2n) is 6.54. The van der Waals surface area contributed by atoms with Gasteiger partial charge < -0.3 is 22.1 Å². The van der Waals surface area contributed by atoms with E-state index in [-0.39, 0.29) is 12.0 Å². The van der Waals surface area contributed by atoms with Gasteiger partial charge in [-0.25, -0.2) is 9.38 Å². The average molecular weight is 368 g/mol. The van der Waals surface area contributed by atoms with Gasteiger partial charge in [-0.05, 0) is 49.2 Å². The third-order valence-corrected chi connectivity index (χ3v) is 4.55. The van der Waals surface area contributed by atoms with E-state index in [1.807, 2.05) is 18.2 Å². The van der Waals surface area contributed by atoms with E-state index < -0.39 is 0 Å². The van der Waals surface area contributed by atoms with Gasteiger partial charge in [0.25, 0.3) is 0 Å². The maximum atomic E-state index is 13.8. The van der Waals surface area contributed by atoms with E-state index in [2.05, 4.69) is 40.9 Å². The predicted molar refractivity (Wildman–Crippen MR) is 110 cm³/mol. The van der Waals surface area contributed by atoms with Crippen LogP contribution in [0.5, 0.6) is 0 Å². The summed E-state index contributed by atoms with van der Waals surface area (Å²) in [5, 5.41) is 9.47. The summed E-state index contributed by atoms with van der Waals surface area (Å²) in [7, 11) is 0. The Bertz CT molecular complexity index is 890. The normalized spacial score (nSPS) is 16.3. The van der Waals surface area contributed by atoms with Gasteiger partial charge in [-0.2, -0.15) is 0 Å². The number of rotatable bonds is 6. The fourth-order valence-electron chi connectivity index (χ4n) is 2.95. The van der Waals surface area contributed by atoms with E-state index >= 15 is 0 Å². The molecule has 142 valence electrons. The Kier molecular flexibility index (Phi) is 5.61. The molecule has 0 saturated heterocycles. The Morgan fingerprint density at radius 1 is 1.15 bits per heavy atom. The molecule has 2 aromatic carbocycles. The number of halogens is 1. The Hall–Kier alpha value is -3.06. The topological polar surface area (TPSA) is 100 Å². The lowest BCUT2D eigenvalue weighted by atomic mass is 10.00. The number of nitrogens with one attached hydrogen (secondary N) is 3. The highest BCUT2D eigenvalue weighted by molar-refractivity contribution is 5.88. The van der Waals surface area contributed by atoms with Crippen molar-refractivity contribution in [2.75, 3.05) is 24.1 Å². The van der Waals surface area contributed by atoms with Gasteiger partial charge in [0.1, 0.15) is 12.0 Å². The molecule has 1 unspecified atom stereocenters. The lowest BCUT2D eigenvalue weighted by molar-refractivity contribution is 0.570. The molecule has 1 atom stereocenters. The summed E-state index contributed by atoms with van der Waals surface area (Å²) < 4.78 is 13.8. The van der Waals surface area contributed by atoms with Crippen LogP contribution in [0.2, 0.25) is 0 Å². The van der Waals surface area contributed by atoms with Crippen molar-refractivity contribution < 1.29 is 4.39 Å². The molecule has 3 rings (SSSR count). The fraction of sp³-hybridized carbons (Fsp3) is 0.250. The van der Waals surface area contributed by atoms with Crippen LogP contribution in [0.1, 0.15) is 16.7 Å². The zero-order valence-corrected chi connectivity index (χ0v) is 15.5. The highest BCUT2D eigenvalue weighted by Gasteiger charge is 2.16. The molecular weight excluding hydrogens is 343 g/mol. The molecule has 7 heteroatoms. The van der Waals surface area contributed by atoms with Gasteiger partial charge in [0.05, 0.1) is 11.4 Å². The molecule has 7 N–H and O–H groups in total. The number of aliphatic imine (C=N–C) groups is 1. The van der Waals surface area contributed by atoms with Crippen molar-refractivity contribution in [2.24, 2.45) is 10.7 Å². The Labute approximate surface area is 158 Å². The third kappa shape index (κ3) is 4.57. The van der Waals surface area contributed by atoms with Crippen molar-refractivity contribution in [1.29, 1.82) is 0 Å². The standard InChI is InChI=1S/C20H25FN6/c1-12-4-3-5-15(13(12)2)18-11-19(27-20(23)26-18)25-9-8-24-17-7-6-14(22)10-16(17)21/h3-7,10-11,19,24-25H,8-9,22H2,1-2H3,(H3,23,26,27). The quantitative estimate of drug-likeness (QED) is 0.398. The van der Waals surface area contributed by atoms with Crippen molar-refractivity contribution in [1.82, 2.24) is 10.6 Å². The van der Waals surface area contributed by atoms with Crippen LogP contribution in [-0.4, -0.2) is 25.2 Å². The smallest absolute Gasteiger partial charge is 0.195 e. The summed E-state index contributed by atoms with van der Waals surface area (Å²) in [6, 6.07) is 10.7. The maximum absolute atomic E-state index is 13.8. The van der Waals surface area contributed by atoms with Gasteiger partial charge in [-0.1, -0.05) is 18.2 Å². The van der Waals surface area contributed by atoms with Crippen LogP contribution in [0.4, 0.5) is 15.8 Å². The van der Waals surface area contributed by atoms with E-state index in [0.717, 1.165) is 11.3 Å². The first-order valence-corrected chi connectivity index (χ1v) is 8.85. The lowest BCUT2D eigenvalue weighted by Gasteiger charge is -2.23. The largest absolute Gasteiger partial charge is 0.399 e. The molecule has 0 spiro atoms. The van der Waals surface area contributed by atoms with Crippen LogP contribution < -0.4 is 27.4 Å². The summed E-state index contributed by atoms with van der Waals surface area (Å²) in [5.74, 6) is 0.00252. The monoisotopic (exact) mass is 368 g/mol. The molecule has 0 fully saturated rings. The van der Waals surface area contributed by atoms with Gasteiger partial charge in [0.15, 0.2) is 5.96 Å². The molecule has 1 heterocycles. The van der Waals surface area contributed by atoms with Crippen molar-refractivity contribution in [2.45, 2.75) is 20.0 Å². The number of nitrogen functional groups attached to an aromatic ring is 1. The highest BCUT2D eigenvalue weighted by Crippen LogP contribution is 2.24. The molecule has 0 amide bonds. The third-order valence-electron chi connectivity index (χ3n) is 4.55. The summed E-state index contributed by atoms with van der Waals surface area (Å²) in [6.07, 6.45) is 1.84. The van der Waals surface area contributed by atoms with Crippen molar-refractivity contribution in [3.05, 3.63) is 65.0 Å². The van der Waals surface area contributed by atoms with Crippen LogP contribution in [0.3, 0.4) is 0 Å². The minimum absolute atomic E-state index is 0.157. The molecule has 0 aliphatic carbocycles. The first kappa shape index (κ1) is 18.7. The molecule has 0 saturated carbocycles. The Morgan fingerprint density at radius 2 is 1.96 bits per heavy atom. The number of anilines is 2. The molecule has 0 bridgehead atoms. The average Bonchev–Trinajstić information content (AvgIpc) is 2.62. The van der Waals surface area contributed by atoms with Crippen molar-refractivity contribution in [3.8, 4) is 0 Å². The first-order valence-electron chi connectivity index (χ1n) is 8.85. The van der Waals surface area contributed by atoms with E-state index in [9.17, 15) is 4.39 Å². The summed E-state index contributed by atoms with van der Waals surface area (Å²) in [4.78, 5) is 4.43. The molecular formula is C20H25FN6. The molecule has 0 aromatic heterocycles. The lowest BCUT2D eigenvalue weighted by Crippen LogP contribution is -2.50. The molecule has 6 nitrogen and oxygen atoms in total. The van der Waals surface area contributed by atoms with Crippen LogP contribution in [0.25, 0.3) is 5.70 Å².